The first-order valence-electron chi connectivity index (χ1n) is 7.25. The van der Waals surface area contributed by atoms with Gasteiger partial charge in [0.05, 0.1) is 5.69 Å². The van der Waals surface area contributed by atoms with E-state index in [1.807, 2.05) is 36.4 Å². The molecule has 0 aliphatic rings. The molecule has 0 saturated carbocycles. The van der Waals surface area contributed by atoms with Gasteiger partial charge in [-0.1, -0.05) is 30.3 Å². The van der Waals surface area contributed by atoms with Crippen molar-refractivity contribution in [1.82, 2.24) is 15.1 Å². The Balaban J connectivity index is 1.81. The van der Waals surface area contributed by atoms with E-state index in [4.69, 9.17) is 0 Å². The summed E-state index contributed by atoms with van der Waals surface area (Å²) in [5, 5.41) is 7.13. The van der Waals surface area contributed by atoms with Gasteiger partial charge >= 0.3 is 6.18 Å². The lowest BCUT2D eigenvalue weighted by atomic mass is 10.1. The molecule has 0 atom stereocenters. The molecule has 2 aromatic rings. The SMILES string of the molecule is CN(CCCc1cc(-c2ccccc2)n[nH]1)C(=O)CC(F)(F)F. The topological polar surface area (TPSA) is 49.0 Å². The number of hydrogen-bond donors (Lipinski definition) is 1. The fourth-order valence-corrected chi connectivity index (χ4v) is 2.18. The zero-order valence-corrected chi connectivity index (χ0v) is 12.7. The molecule has 0 aliphatic heterocycles. The Hall–Kier alpha value is -2.31. The molecule has 0 bridgehead atoms. The number of benzene rings is 1. The van der Waals surface area contributed by atoms with Gasteiger partial charge in [-0.05, 0) is 18.9 Å². The van der Waals surface area contributed by atoms with Crippen LogP contribution in [0.25, 0.3) is 11.3 Å². The van der Waals surface area contributed by atoms with Crippen LogP contribution in [0.2, 0.25) is 0 Å². The number of amides is 1. The maximum atomic E-state index is 12.2. The van der Waals surface area contributed by atoms with Gasteiger partial charge in [0.1, 0.15) is 6.42 Å². The number of H-pyrrole nitrogens is 1. The Morgan fingerprint density at radius 2 is 1.96 bits per heavy atom. The van der Waals surface area contributed by atoms with Gasteiger partial charge in [0.2, 0.25) is 5.91 Å². The van der Waals surface area contributed by atoms with E-state index in [9.17, 15) is 18.0 Å². The number of alkyl halides is 3. The van der Waals surface area contributed by atoms with E-state index in [1.54, 1.807) is 0 Å². The third-order valence-electron chi connectivity index (χ3n) is 3.42. The summed E-state index contributed by atoms with van der Waals surface area (Å²) in [6.07, 6.45) is -4.69. The van der Waals surface area contributed by atoms with Crippen LogP contribution in [-0.4, -0.2) is 40.8 Å². The Morgan fingerprint density at radius 1 is 1.26 bits per heavy atom. The summed E-state index contributed by atoms with van der Waals surface area (Å²) >= 11 is 0. The molecule has 0 aliphatic carbocycles. The van der Waals surface area contributed by atoms with Gasteiger partial charge in [0.15, 0.2) is 0 Å². The highest BCUT2D eigenvalue weighted by atomic mass is 19.4. The van der Waals surface area contributed by atoms with Crippen LogP contribution in [0.4, 0.5) is 13.2 Å². The van der Waals surface area contributed by atoms with Crippen molar-refractivity contribution in [3.8, 4) is 11.3 Å². The van der Waals surface area contributed by atoms with E-state index >= 15 is 0 Å². The van der Waals surface area contributed by atoms with E-state index in [0.717, 1.165) is 21.9 Å². The molecule has 0 fully saturated rings. The standard InChI is InChI=1S/C16H18F3N3O/c1-22(15(23)11-16(17,18)19)9-5-8-13-10-14(21-20-13)12-6-3-2-4-7-12/h2-4,6-7,10H,5,8-9,11H2,1H3,(H,20,21). The Labute approximate surface area is 132 Å². The highest BCUT2D eigenvalue weighted by molar-refractivity contribution is 5.76. The monoisotopic (exact) mass is 325 g/mol. The highest BCUT2D eigenvalue weighted by Crippen LogP contribution is 2.20. The zero-order valence-electron chi connectivity index (χ0n) is 12.7. The summed E-state index contributed by atoms with van der Waals surface area (Å²) in [6.45, 7) is 0.272. The molecule has 2 rings (SSSR count). The predicted octanol–water partition coefficient (Wildman–Crippen LogP) is 3.42. The number of aryl methyl sites for hydroxylation is 1. The lowest BCUT2D eigenvalue weighted by Gasteiger charge is -2.17. The summed E-state index contributed by atoms with van der Waals surface area (Å²) in [4.78, 5) is 12.5. The number of carbonyl (C=O) groups excluding carboxylic acids is 1. The second-order valence-corrected chi connectivity index (χ2v) is 5.36. The molecule has 1 N–H and O–H groups in total. The van der Waals surface area contributed by atoms with E-state index in [1.165, 1.54) is 7.05 Å². The van der Waals surface area contributed by atoms with Crippen LogP contribution in [0.1, 0.15) is 18.5 Å². The first-order chi connectivity index (χ1) is 10.8. The molecule has 0 unspecified atom stereocenters. The van der Waals surface area contributed by atoms with Gasteiger partial charge in [-0.2, -0.15) is 18.3 Å². The Kier molecular flexibility index (Phi) is 5.41. The van der Waals surface area contributed by atoms with Crippen LogP contribution < -0.4 is 0 Å². The summed E-state index contributed by atoms with van der Waals surface area (Å²) in [5.74, 6) is -0.910. The molecular weight excluding hydrogens is 307 g/mol. The molecule has 1 heterocycles. The van der Waals surface area contributed by atoms with Crippen molar-refractivity contribution in [3.63, 3.8) is 0 Å². The predicted molar refractivity (Wildman–Crippen MR) is 80.7 cm³/mol. The number of halogens is 3. The van der Waals surface area contributed by atoms with Gasteiger partial charge < -0.3 is 4.90 Å². The van der Waals surface area contributed by atoms with E-state index in [2.05, 4.69) is 10.2 Å². The molecule has 0 radical (unpaired) electrons. The molecule has 124 valence electrons. The van der Waals surface area contributed by atoms with Crippen molar-refractivity contribution in [2.24, 2.45) is 0 Å². The van der Waals surface area contributed by atoms with Gasteiger partial charge in [-0.25, -0.2) is 0 Å². The number of nitrogens with zero attached hydrogens (tertiary/aromatic N) is 2. The fraction of sp³-hybridized carbons (Fsp3) is 0.375. The molecule has 23 heavy (non-hydrogen) atoms. The normalized spacial score (nSPS) is 11.5. The molecule has 0 spiro atoms. The maximum absolute atomic E-state index is 12.2. The minimum atomic E-state index is -4.46. The minimum Gasteiger partial charge on any atom is -0.345 e. The zero-order chi connectivity index (χ0) is 16.9. The van der Waals surface area contributed by atoms with Crippen LogP contribution in [0, 0.1) is 0 Å². The highest BCUT2D eigenvalue weighted by Gasteiger charge is 2.32. The van der Waals surface area contributed by atoms with Gasteiger partial charge in [-0.3, -0.25) is 9.89 Å². The smallest absolute Gasteiger partial charge is 0.345 e. The maximum Gasteiger partial charge on any atom is 0.397 e. The molecule has 4 nitrogen and oxygen atoms in total. The largest absolute Gasteiger partial charge is 0.397 e. The van der Waals surface area contributed by atoms with E-state index < -0.39 is 18.5 Å². The lowest BCUT2D eigenvalue weighted by Crippen LogP contribution is -2.31. The number of carbonyl (C=O) groups is 1. The first kappa shape index (κ1) is 17.1. The number of rotatable bonds is 6. The van der Waals surface area contributed by atoms with Crippen molar-refractivity contribution in [3.05, 3.63) is 42.1 Å². The van der Waals surface area contributed by atoms with Crippen LogP contribution in [-0.2, 0) is 11.2 Å². The molecule has 0 saturated heterocycles. The van der Waals surface area contributed by atoms with Gasteiger partial charge in [-0.15, -0.1) is 0 Å². The average Bonchev–Trinajstić information content (AvgIpc) is 2.95. The summed E-state index contributed by atoms with van der Waals surface area (Å²) in [7, 11) is 1.39. The number of nitrogens with one attached hydrogen (secondary N) is 1. The van der Waals surface area contributed by atoms with Crippen LogP contribution in [0.3, 0.4) is 0 Å². The van der Waals surface area contributed by atoms with E-state index in [-0.39, 0.29) is 6.54 Å². The molecule has 1 aromatic carbocycles. The van der Waals surface area contributed by atoms with Crippen molar-refractivity contribution in [2.45, 2.75) is 25.4 Å². The van der Waals surface area contributed by atoms with Crippen molar-refractivity contribution in [2.75, 3.05) is 13.6 Å². The molecular formula is C16H18F3N3O. The third-order valence-corrected chi connectivity index (χ3v) is 3.42. The van der Waals surface area contributed by atoms with Gasteiger partial charge in [0, 0.05) is 24.8 Å². The molecule has 1 aromatic heterocycles. The van der Waals surface area contributed by atoms with Crippen LogP contribution in [0.15, 0.2) is 36.4 Å². The first-order valence-corrected chi connectivity index (χ1v) is 7.25. The number of aromatic amines is 1. The van der Waals surface area contributed by atoms with Crippen molar-refractivity contribution < 1.29 is 18.0 Å². The van der Waals surface area contributed by atoms with Crippen molar-refractivity contribution in [1.29, 1.82) is 0 Å². The fourth-order valence-electron chi connectivity index (χ4n) is 2.18. The Morgan fingerprint density at radius 3 is 2.61 bits per heavy atom. The summed E-state index contributed by atoms with van der Waals surface area (Å²) in [5.41, 5.74) is 2.70. The summed E-state index contributed by atoms with van der Waals surface area (Å²) < 4.78 is 36.5. The van der Waals surface area contributed by atoms with Crippen LogP contribution in [0.5, 0.6) is 0 Å². The Bertz CT molecular complexity index is 638. The minimum absolute atomic E-state index is 0.272. The summed E-state index contributed by atoms with van der Waals surface area (Å²) in [6, 6.07) is 11.6. The second-order valence-electron chi connectivity index (χ2n) is 5.36. The van der Waals surface area contributed by atoms with Crippen LogP contribution >= 0.6 is 0 Å². The lowest BCUT2D eigenvalue weighted by molar-refractivity contribution is -0.160. The van der Waals surface area contributed by atoms with Gasteiger partial charge in [0.25, 0.3) is 0 Å². The second kappa shape index (κ2) is 7.30. The third kappa shape index (κ3) is 5.43. The van der Waals surface area contributed by atoms with Crippen molar-refractivity contribution >= 4 is 5.91 Å². The average molecular weight is 325 g/mol. The quantitative estimate of drug-likeness (QED) is 0.885. The molecule has 1 amide bonds. The number of aromatic nitrogens is 2. The van der Waals surface area contributed by atoms with E-state index in [0.29, 0.717) is 12.8 Å². The molecule has 7 heteroatoms. The number of hydrogen-bond acceptors (Lipinski definition) is 2.